The molecular formula is C12H10F3NO3. The number of fused-ring (bicyclic) bond motifs is 1. The maximum Gasteiger partial charge on any atom is 0.573 e. The maximum absolute atomic E-state index is 12.1. The maximum atomic E-state index is 12.1. The number of nitrogens with one attached hydrogen (secondary N) is 1. The van der Waals surface area contributed by atoms with Crippen molar-refractivity contribution in [3.8, 4) is 5.75 Å². The number of benzene rings is 1. The molecule has 2 rings (SSSR count). The third-order valence-corrected chi connectivity index (χ3v) is 2.32. The summed E-state index contributed by atoms with van der Waals surface area (Å²) >= 11 is 0. The minimum Gasteiger partial charge on any atom is -0.461 e. The van der Waals surface area contributed by atoms with Crippen LogP contribution in [-0.2, 0) is 4.74 Å². The molecule has 0 aliphatic rings. The highest BCUT2D eigenvalue weighted by atomic mass is 19.4. The molecule has 1 aromatic carbocycles. The largest absolute Gasteiger partial charge is 0.573 e. The zero-order chi connectivity index (χ0) is 14.0. The zero-order valence-electron chi connectivity index (χ0n) is 9.88. The van der Waals surface area contributed by atoms with Crippen LogP contribution in [0.15, 0.2) is 24.3 Å². The first-order chi connectivity index (χ1) is 8.89. The lowest BCUT2D eigenvalue weighted by Crippen LogP contribution is -2.16. The average Bonchev–Trinajstić information content (AvgIpc) is 2.70. The molecule has 102 valence electrons. The summed E-state index contributed by atoms with van der Waals surface area (Å²) in [7, 11) is 0. The number of aromatic amines is 1. The van der Waals surface area contributed by atoms with Crippen LogP contribution >= 0.6 is 0 Å². The van der Waals surface area contributed by atoms with E-state index >= 15 is 0 Å². The summed E-state index contributed by atoms with van der Waals surface area (Å²) in [5.41, 5.74) is 0.547. The minimum absolute atomic E-state index is 0.181. The molecule has 4 nitrogen and oxygen atoms in total. The molecule has 1 N–H and O–H groups in total. The van der Waals surface area contributed by atoms with E-state index < -0.39 is 12.3 Å². The van der Waals surface area contributed by atoms with Gasteiger partial charge in [-0.2, -0.15) is 0 Å². The van der Waals surface area contributed by atoms with Gasteiger partial charge >= 0.3 is 12.3 Å². The van der Waals surface area contributed by atoms with Gasteiger partial charge in [-0.15, -0.1) is 13.2 Å². The second-order valence-corrected chi connectivity index (χ2v) is 3.70. The van der Waals surface area contributed by atoms with Crippen LogP contribution in [0, 0.1) is 0 Å². The third kappa shape index (κ3) is 3.18. The Hall–Kier alpha value is -2.18. The molecule has 0 spiro atoms. The van der Waals surface area contributed by atoms with Gasteiger partial charge < -0.3 is 14.5 Å². The van der Waals surface area contributed by atoms with E-state index in [1.165, 1.54) is 24.3 Å². The smallest absolute Gasteiger partial charge is 0.461 e. The lowest BCUT2D eigenvalue weighted by atomic mass is 10.2. The molecule has 0 radical (unpaired) electrons. The van der Waals surface area contributed by atoms with Crippen molar-refractivity contribution in [2.24, 2.45) is 0 Å². The van der Waals surface area contributed by atoms with Gasteiger partial charge in [0.2, 0.25) is 0 Å². The molecule has 2 aromatic rings. The second kappa shape index (κ2) is 4.83. The highest BCUT2D eigenvalue weighted by Gasteiger charge is 2.31. The van der Waals surface area contributed by atoms with E-state index in [4.69, 9.17) is 4.74 Å². The van der Waals surface area contributed by atoms with Crippen LogP contribution in [0.2, 0.25) is 0 Å². The number of alkyl halides is 3. The Morgan fingerprint density at radius 3 is 2.68 bits per heavy atom. The van der Waals surface area contributed by atoms with Crippen LogP contribution in [0.4, 0.5) is 13.2 Å². The Kier molecular flexibility index (Phi) is 3.37. The highest BCUT2D eigenvalue weighted by Crippen LogP contribution is 2.26. The topological polar surface area (TPSA) is 51.3 Å². The molecule has 0 unspecified atom stereocenters. The Labute approximate surface area is 106 Å². The fourth-order valence-electron chi connectivity index (χ4n) is 1.62. The third-order valence-electron chi connectivity index (χ3n) is 2.32. The van der Waals surface area contributed by atoms with Crippen molar-refractivity contribution in [1.29, 1.82) is 0 Å². The predicted octanol–water partition coefficient (Wildman–Crippen LogP) is 3.24. The summed E-state index contributed by atoms with van der Waals surface area (Å²) < 4.78 is 44.8. The van der Waals surface area contributed by atoms with E-state index in [-0.39, 0.29) is 18.1 Å². The Balaban J connectivity index is 2.31. The molecule has 7 heteroatoms. The van der Waals surface area contributed by atoms with E-state index in [1.54, 1.807) is 6.92 Å². The average molecular weight is 273 g/mol. The van der Waals surface area contributed by atoms with Crippen molar-refractivity contribution in [2.75, 3.05) is 6.61 Å². The van der Waals surface area contributed by atoms with Gasteiger partial charge in [-0.05, 0) is 25.1 Å². The van der Waals surface area contributed by atoms with Crippen LogP contribution in [0.1, 0.15) is 17.4 Å². The molecule has 0 fully saturated rings. The van der Waals surface area contributed by atoms with Crippen molar-refractivity contribution in [3.63, 3.8) is 0 Å². The van der Waals surface area contributed by atoms with Gasteiger partial charge in [0.05, 0.1) is 6.61 Å². The number of rotatable bonds is 3. The standard InChI is InChI=1S/C12H10F3NO3/c1-2-18-11(17)10-5-7-3-4-8(6-9(7)16-10)19-12(13,14)15/h3-6,16H,2H2,1H3. The molecule has 0 saturated heterocycles. The SMILES string of the molecule is CCOC(=O)c1cc2ccc(OC(F)(F)F)cc2[nH]1. The van der Waals surface area contributed by atoms with Crippen molar-refractivity contribution < 1.29 is 27.4 Å². The molecule has 19 heavy (non-hydrogen) atoms. The van der Waals surface area contributed by atoms with Crippen LogP contribution in [0.5, 0.6) is 5.75 Å². The van der Waals surface area contributed by atoms with Crippen LogP contribution in [-0.4, -0.2) is 23.9 Å². The van der Waals surface area contributed by atoms with Crippen molar-refractivity contribution in [1.82, 2.24) is 4.98 Å². The quantitative estimate of drug-likeness (QED) is 0.873. The summed E-state index contributed by atoms with van der Waals surface area (Å²) in [6, 6.07) is 5.28. The number of H-pyrrole nitrogens is 1. The van der Waals surface area contributed by atoms with Gasteiger partial charge in [-0.25, -0.2) is 4.79 Å². The summed E-state index contributed by atoms with van der Waals surface area (Å²) in [5, 5.41) is 0.595. The number of ether oxygens (including phenoxy) is 2. The van der Waals surface area contributed by atoms with Gasteiger partial charge in [-0.1, -0.05) is 0 Å². The van der Waals surface area contributed by atoms with Gasteiger partial charge in [0.25, 0.3) is 0 Å². The van der Waals surface area contributed by atoms with Crippen LogP contribution in [0.25, 0.3) is 10.9 Å². The monoisotopic (exact) mass is 273 g/mol. The predicted molar refractivity (Wildman–Crippen MR) is 60.9 cm³/mol. The van der Waals surface area contributed by atoms with Gasteiger partial charge in [0.1, 0.15) is 11.4 Å². The Morgan fingerprint density at radius 1 is 1.32 bits per heavy atom. The van der Waals surface area contributed by atoms with Gasteiger partial charge in [0.15, 0.2) is 0 Å². The zero-order valence-corrected chi connectivity index (χ0v) is 9.88. The van der Waals surface area contributed by atoms with Gasteiger partial charge in [0, 0.05) is 17.0 Å². The second-order valence-electron chi connectivity index (χ2n) is 3.70. The van der Waals surface area contributed by atoms with E-state index in [1.807, 2.05) is 0 Å². The first kappa shape index (κ1) is 13.3. The number of esters is 1. The molecule has 1 aromatic heterocycles. The molecule has 1 heterocycles. The fourth-order valence-corrected chi connectivity index (χ4v) is 1.62. The first-order valence-electron chi connectivity index (χ1n) is 5.44. The molecule has 0 aliphatic heterocycles. The van der Waals surface area contributed by atoms with Crippen LogP contribution < -0.4 is 4.74 Å². The van der Waals surface area contributed by atoms with E-state index in [0.29, 0.717) is 10.9 Å². The molecule has 0 aliphatic carbocycles. The lowest BCUT2D eigenvalue weighted by molar-refractivity contribution is -0.274. The van der Waals surface area contributed by atoms with Crippen molar-refractivity contribution >= 4 is 16.9 Å². The Morgan fingerprint density at radius 2 is 2.05 bits per heavy atom. The van der Waals surface area contributed by atoms with E-state index in [0.717, 1.165) is 0 Å². The van der Waals surface area contributed by atoms with Gasteiger partial charge in [-0.3, -0.25) is 0 Å². The lowest BCUT2D eigenvalue weighted by Gasteiger charge is -2.08. The minimum atomic E-state index is -4.75. The fraction of sp³-hybridized carbons (Fsp3) is 0.250. The van der Waals surface area contributed by atoms with Crippen molar-refractivity contribution in [3.05, 3.63) is 30.0 Å². The van der Waals surface area contributed by atoms with E-state index in [2.05, 4.69) is 9.72 Å². The van der Waals surface area contributed by atoms with E-state index in [9.17, 15) is 18.0 Å². The number of halogens is 3. The molecule has 0 atom stereocenters. The first-order valence-corrected chi connectivity index (χ1v) is 5.44. The molecule has 0 amide bonds. The van der Waals surface area contributed by atoms with Crippen LogP contribution in [0.3, 0.4) is 0 Å². The highest BCUT2D eigenvalue weighted by molar-refractivity contribution is 5.95. The summed E-state index contributed by atoms with van der Waals surface area (Å²) in [6.07, 6.45) is -4.75. The van der Waals surface area contributed by atoms with Crippen molar-refractivity contribution in [2.45, 2.75) is 13.3 Å². The normalized spacial score (nSPS) is 11.6. The summed E-state index contributed by atoms with van der Waals surface area (Å²) in [4.78, 5) is 14.1. The molecule has 0 bridgehead atoms. The summed E-state index contributed by atoms with van der Waals surface area (Å²) in [6.45, 7) is 1.88. The number of carbonyl (C=O) groups is 1. The number of hydrogen-bond donors (Lipinski definition) is 1. The number of hydrogen-bond acceptors (Lipinski definition) is 3. The summed E-state index contributed by atoms with van der Waals surface area (Å²) in [5.74, 6) is -0.908. The number of aromatic nitrogens is 1. The number of carbonyl (C=O) groups excluding carboxylic acids is 1. The molecule has 0 saturated carbocycles. The molecular weight excluding hydrogens is 263 g/mol. The Bertz CT molecular complexity index is 604.